The Hall–Kier alpha value is -2.94. The standard InChI is InChI=1S/C16H18N6O2S/c1-2-9(8-23)20-12-7-19-13(14(18)24)15(21-12)22-16(25)10-5-3-4-6-11(10)17/h3-9,17,25H,2H2,1H3,(H2,18,24)(H2,20,21,22)/b16-10-,17-11?. The number of anilines is 2. The maximum Gasteiger partial charge on any atom is 0.271 e. The second-order valence-electron chi connectivity index (χ2n) is 5.13. The van der Waals surface area contributed by atoms with E-state index < -0.39 is 11.9 Å². The van der Waals surface area contributed by atoms with Crippen LogP contribution in [0.25, 0.3) is 0 Å². The Bertz CT molecular complexity index is 800. The van der Waals surface area contributed by atoms with Crippen molar-refractivity contribution >= 4 is 42.2 Å². The zero-order valence-electron chi connectivity index (χ0n) is 13.5. The van der Waals surface area contributed by atoms with Crippen molar-refractivity contribution in [2.24, 2.45) is 5.73 Å². The van der Waals surface area contributed by atoms with Crippen molar-refractivity contribution in [1.82, 2.24) is 9.97 Å². The van der Waals surface area contributed by atoms with Crippen LogP contribution in [0.2, 0.25) is 0 Å². The van der Waals surface area contributed by atoms with Crippen LogP contribution in [0.1, 0.15) is 23.8 Å². The molecule has 0 saturated carbocycles. The van der Waals surface area contributed by atoms with Gasteiger partial charge >= 0.3 is 0 Å². The number of nitrogens with one attached hydrogen (secondary N) is 3. The lowest BCUT2D eigenvalue weighted by Crippen LogP contribution is -2.23. The predicted molar refractivity (Wildman–Crippen MR) is 100.0 cm³/mol. The van der Waals surface area contributed by atoms with Crippen LogP contribution in [0.4, 0.5) is 11.6 Å². The lowest BCUT2D eigenvalue weighted by molar-refractivity contribution is -0.108. The molecule has 2 rings (SSSR count). The summed E-state index contributed by atoms with van der Waals surface area (Å²) in [5, 5.41) is 14.0. The molecule has 1 atom stereocenters. The minimum absolute atomic E-state index is 0.0706. The second kappa shape index (κ2) is 8.25. The van der Waals surface area contributed by atoms with Crippen molar-refractivity contribution in [1.29, 1.82) is 5.41 Å². The van der Waals surface area contributed by atoms with Crippen molar-refractivity contribution in [2.45, 2.75) is 19.4 Å². The minimum Gasteiger partial charge on any atom is -0.364 e. The van der Waals surface area contributed by atoms with E-state index in [1.807, 2.05) is 6.92 Å². The molecule has 1 unspecified atom stereocenters. The molecular weight excluding hydrogens is 340 g/mol. The normalized spacial score (nSPS) is 16.3. The van der Waals surface area contributed by atoms with Gasteiger partial charge in [-0.05, 0) is 12.5 Å². The molecule has 1 aliphatic carbocycles. The molecular formula is C16H18N6O2S. The van der Waals surface area contributed by atoms with Gasteiger partial charge < -0.3 is 26.6 Å². The molecule has 25 heavy (non-hydrogen) atoms. The van der Waals surface area contributed by atoms with Gasteiger partial charge in [0.2, 0.25) is 0 Å². The summed E-state index contributed by atoms with van der Waals surface area (Å²) in [4.78, 5) is 30.8. The van der Waals surface area contributed by atoms with E-state index in [4.69, 9.17) is 11.1 Å². The first-order valence-electron chi connectivity index (χ1n) is 7.48. The molecule has 9 heteroatoms. The molecule has 1 heterocycles. The Balaban J connectivity index is 2.37. The van der Waals surface area contributed by atoms with Crippen LogP contribution >= 0.6 is 12.6 Å². The van der Waals surface area contributed by atoms with E-state index >= 15 is 0 Å². The van der Waals surface area contributed by atoms with E-state index in [1.54, 1.807) is 24.3 Å². The Morgan fingerprint density at radius 2 is 2.16 bits per heavy atom. The lowest BCUT2D eigenvalue weighted by Gasteiger charge is -2.15. The molecule has 0 aliphatic heterocycles. The Kier molecular flexibility index (Phi) is 6.07. The fourth-order valence-electron chi connectivity index (χ4n) is 2.02. The number of carbonyl (C=O) groups is 2. The van der Waals surface area contributed by atoms with Gasteiger partial charge in [0.05, 0.1) is 23.0 Å². The van der Waals surface area contributed by atoms with Gasteiger partial charge in [-0.3, -0.25) is 4.79 Å². The average molecular weight is 358 g/mol. The Labute approximate surface area is 150 Å². The number of aromatic nitrogens is 2. The molecule has 1 aliphatic rings. The van der Waals surface area contributed by atoms with E-state index in [0.29, 0.717) is 22.8 Å². The quantitative estimate of drug-likeness (QED) is 0.372. The van der Waals surface area contributed by atoms with Crippen LogP contribution in [-0.4, -0.2) is 33.9 Å². The van der Waals surface area contributed by atoms with Crippen molar-refractivity contribution in [3.63, 3.8) is 0 Å². The van der Waals surface area contributed by atoms with Gasteiger partial charge in [0, 0.05) is 5.57 Å². The fourth-order valence-corrected chi connectivity index (χ4v) is 2.32. The molecule has 0 bridgehead atoms. The van der Waals surface area contributed by atoms with Gasteiger partial charge in [-0.2, -0.15) is 0 Å². The van der Waals surface area contributed by atoms with Gasteiger partial charge in [0.1, 0.15) is 12.1 Å². The molecule has 0 aromatic carbocycles. The zero-order valence-corrected chi connectivity index (χ0v) is 14.4. The molecule has 1 amide bonds. The Morgan fingerprint density at radius 3 is 2.76 bits per heavy atom. The molecule has 0 spiro atoms. The number of carbonyl (C=O) groups excluding carboxylic acids is 2. The number of primary amides is 1. The molecule has 130 valence electrons. The van der Waals surface area contributed by atoms with Crippen LogP contribution in [0.3, 0.4) is 0 Å². The highest BCUT2D eigenvalue weighted by Crippen LogP contribution is 2.21. The number of hydrogen-bond acceptors (Lipinski definition) is 8. The summed E-state index contributed by atoms with van der Waals surface area (Å²) >= 11 is 4.35. The highest BCUT2D eigenvalue weighted by Gasteiger charge is 2.16. The van der Waals surface area contributed by atoms with Crippen LogP contribution in [0, 0.1) is 5.41 Å². The van der Waals surface area contributed by atoms with E-state index in [-0.39, 0.29) is 17.2 Å². The summed E-state index contributed by atoms with van der Waals surface area (Å²) < 4.78 is 0. The fraction of sp³-hybridized carbons (Fsp3) is 0.188. The highest BCUT2D eigenvalue weighted by atomic mass is 32.1. The number of rotatable bonds is 7. The van der Waals surface area contributed by atoms with Crippen LogP contribution in [0.5, 0.6) is 0 Å². The minimum atomic E-state index is -0.760. The molecule has 0 saturated heterocycles. The predicted octanol–water partition coefficient (Wildman–Crippen LogP) is 1.66. The van der Waals surface area contributed by atoms with Crippen molar-refractivity contribution < 1.29 is 9.59 Å². The van der Waals surface area contributed by atoms with E-state index in [0.717, 1.165) is 6.29 Å². The van der Waals surface area contributed by atoms with Gasteiger partial charge in [0.15, 0.2) is 11.5 Å². The number of nitrogens with two attached hydrogens (primary N) is 1. The number of allylic oxidation sites excluding steroid dienone is 5. The topological polar surface area (TPSA) is 134 Å². The number of thiol groups is 1. The van der Waals surface area contributed by atoms with Crippen molar-refractivity contribution in [3.05, 3.63) is 46.8 Å². The van der Waals surface area contributed by atoms with Crippen LogP contribution < -0.4 is 16.4 Å². The smallest absolute Gasteiger partial charge is 0.271 e. The maximum atomic E-state index is 11.6. The molecule has 5 N–H and O–H groups in total. The molecule has 1 aromatic heterocycles. The zero-order chi connectivity index (χ0) is 18.4. The first-order chi connectivity index (χ1) is 12.0. The molecule has 8 nitrogen and oxygen atoms in total. The third-order valence-electron chi connectivity index (χ3n) is 3.36. The largest absolute Gasteiger partial charge is 0.364 e. The summed E-state index contributed by atoms with van der Waals surface area (Å²) in [6, 6.07) is -0.421. The first-order valence-corrected chi connectivity index (χ1v) is 7.93. The first kappa shape index (κ1) is 18.4. The average Bonchev–Trinajstić information content (AvgIpc) is 2.59. The summed E-state index contributed by atoms with van der Waals surface area (Å²) in [5.41, 5.74) is 6.05. The maximum absolute atomic E-state index is 11.6. The molecule has 0 fully saturated rings. The third kappa shape index (κ3) is 4.54. The molecule has 0 radical (unpaired) electrons. The van der Waals surface area contributed by atoms with Crippen LogP contribution in [0.15, 0.2) is 41.1 Å². The monoisotopic (exact) mass is 358 g/mol. The van der Waals surface area contributed by atoms with E-state index in [1.165, 1.54) is 6.20 Å². The highest BCUT2D eigenvalue weighted by molar-refractivity contribution is 7.84. The van der Waals surface area contributed by atoms with Gasteiger partial charge in [0.25, 0.3) is 5.91 Å². The number of hydrogen-bond donors (Lipinski definition) is 5. The van der Waals surface area contributed by atoms with Crippen molar-refractivity contribution in [3.8, 4) is 0 Å². The van der Waals surface area contributed by atoms with Gasteiger partial charge in [-0.25, -0.2) is 9.97 Å². The number of aldehydes is 1. The van der Waals surface area contributed by atoms with E-state index in [9.17, 15) is 9.59 Å². The Morgan fingerprint density at radius 1 is 1.44 bits per heavy atom. The second-order valence-corrected chi connectivity index (χ2v) is 5.58. The summed E-state index contributed by atoms with van der Waals surface area (Å²) in [5.74, 6) is -0.359. The SMILES string of the molecule is CCC(C=O)Nc1cnc(C(N)=O)c(N/C(S)=C2\C=CC=CC2=N)n1. The van der Waals surface area contributed by atoms with Gasteiger partial charge in [-0.15, -0.1) is 12.6 Å². The summed E-state index contributed by atoms with van der Waals surface area (Å²) in [6.45, 7) is 1.85. The van der Waals surface area contributed by atoms with Crippen molar-refractivity contribution in [2.75, 3.05) is 10.6 Å². The van der Waals surface area contributed by atoms with Gasteiger partial charge in [-0.1, -0.05) is 25.2 Å². The van der Waals surface area contributed by atoms with E-state index in [2.05, 4.69) is 33.2 Å². The number of amides is 1. The summed E-state index contributed by atoms with van der Waals surface area (Å²) in [7, 11) is 0. The summed E-state index contributed by atoms with van der Waals surface area (Å²) in [6.07, 6.45) is 9.48. The molecule has 1 aromatic rings. The number of nitrogens with zero attached hydrogens (tertiary/aromatic N) is 2. The lowest BCUT2D eigenvalue weighted by atomic mass is 10.1. The van der Waals surface area contributed by atoms with Crippen LogP contribution in [-0.2, 0) is 4.79 Å². The third-order valence-corrected chi connectivity index (χ3v) is 3.71.